The van der Waals surface area contributed by atoms with Gasteiger partial charge in [0.25, 0.3) is 5.91 Å². The van der Waals surface area contributed by atoms with Crippen LogP contribution < -0.4 is 5.32 Å². The number of likely N-dealkylation sites (tertiary alicyclic amines) is 1. The van der Waals surface area contributed by atoms with E-state index in [9.17, 15) is 14.4 Å². The van der Waals surface area contributed by atoms with Crippen molar-refractivity contribution in [1.82, 2.24) is 20.4 Å². The van der Waals surface area contributed by atoms with E-state index in [-0.39, 0.29) is 29.6 Å². The van der Waals surface area contributed by atoms with Gasteiger partial charge in [0.1, 0.15) is 0 Å². The summed E-state index contributed by atoms with van der Waals surface area (Å²) in [4.78, 5) is 39.4. The SMILES string of the molecule is Cc1cc(C(=O)NC2CCN(C(=O)C3CCC(=O)c4ccccc43)C2)cnn1. The van der Waals surface area contributed by atoms with Crippen LogP contribution in [0.25, 0.3) is 0 Å². The highest BCUT2D eigenvalue weighted by atomic mass is 16.2. The lowest BCUT2D eigenvalue weighted by molar-refractivity contribution is -0.132. The van der Waals surface area contributed by atoms with Crippen LogP contribution in [0, 0.1) is 6.92 Å². The second-order valence-electron chi connectivity index (χ2n) is 7.43. The van der Waals surface area contributed by atoms with E-state index in [2.05, 4.69) is 15.5 Å². The van der Waals surface area contributed by atoms with Gasteiger partial charge in [0, 0.05) is 31.1 Å². The normalized spacial score (nSPS) is 21.3. The van der Waals surface area contributed by atoms with Crippen LogP contribution in [0.3, 0.4) is 0 Å². The van der Waals surface area contributed by atoms with Crippen molar-refractivity contribution < 1.29 is 14.4 Å². The molecule has 1 saturated heterocycles. The monoisotopic (exact) mass is 378 g/mol. The summed E-state index contributed by atoms with van der Waals surface area (Å²) in [6.07, 6.45) is 3.10. The van der Waals surface area contributed by atoms with Gasteiger partial charge >= 0.3 is 0 Å². The van der Waals surface area contributed by atoms with Gasteiger partial charge in [0.05, 0.1) is 23.4 Å². The van der Waals surface area contributed by atoms with Crippen molar-refractivity contribution in [3.8, 4) is 0 Å². The van der Waals surface area contributed by atoms with E-state index in [1.807, 2.05) is 18.2 Å². The average molecular weight is 378 g/mol. The maximum absolute atomic E-state index is 13.1. The Morgan fingerprint density at radius 2 is 2.04 bits per heavy atom. The molecule has 2 unspecified atom stereocenters. The predicted molar refractivity (Wildman–Crippen MR) is 102 cm³/mol. The fraction of sp³-hybridized carbons (Fsp3) is 0.381. The van der Waals surface area contributed by atoms with Gasteiger partial charge in [-0.05, 0) is 31.4 Å². The van der Waals surface area contributed by atoms with E-state index in [0.717, 1.165) is 5.56 Å². The van der Waals surface area contributed by atoms with Crippen LogP contribution in [-0.4, -0.2) is 51.8 Å². The highest BCUT2D eigenvalue weighted by Gasteiger charge is 2.36. The van der Waals surface area contributed by atoms with Gasteiger partial charge in [-0.25, -0.2) is 0 Å². The third kappa shape index (κ3) is 3.52. The van der Waals surface area contributed by atoms with Crippen LogP contribution in [0.4, 0.5) is 0 Å². The Labute approximate surface area is 163 Å². The van der Waals surface area contributed by atoms with E-state index in [4.69, 9.17) is 0 Å². The molecule has 1 fully saturated rings. The number of aryl methyl sites for hydroxylation is 1. The van der Waals surface area contributed by atoms with Crippen molar-refractivity contribution in [2.75, 3.05) is 13.1 Å². The molecule has 7 nitrogen and oxygen atoms in total. The summed E-state index contributed by atoms with van der Waals surface area (Å²) in [5.74, 6) is -0.341. The van der Waals surface area contributed by atoms with E-state index in [1.165, 1.54) is 6.20 Å². The van der Waals surface area contributed by atoms with Crippen molar-refractivity contribution in [3.05, 3.63) is 58.9 Å². The molecule has 7 heteroatoms. The van der Waals surface area contributed by atoms with Gasteiger partial charge in [-0.3, -0.25) is 14.4 Å². The summed E-state index contributed by atoms with van der Waals surface area (Å²) in [7, 11) is 0. The molecule has 2 heterocycles. The predicted octanol–water partition coefficient (Wildman–Crippen LogP) is 1.88. The summed E-state index contributed by atoms with van der Waals surface area (Å²) in [5.41, 5.74) is 2.64. The molecular formula is C21H22N4O3. The number of Topliss-reactive ketones (excluding diaryl/α,β-unsaturated/α-hetero) is 1. The number of nitrogens with one attached hydrogen (secondary N) is 1. The van der Waals surface area contributed by atoms with Crippen molar-refractivity contribution in [2.45, 2.75) is 38.1 Å². The second kappa shape index (κ2) is 7.50. The number of benzene rings is 1. The summed E-state index contributed by atoms with van der Waals surface area (Å²) < 4.78 is 0. The lowest BCUT2D eigenvalue weighted by Crippen LogP contribution is -2.40. The van der Waals surface area contributed by atoms with Gasteiger partial charge in [0.2, 0.25) is 5.91 Å². The van der Waals surface area contributed by atoms with Crippen molar-refractivity contribution >= 4 is 17.6 Å². The van der Waals surface area contributed by atoms with Crippen LogP contribution in [0.2, 0.25) is 0 Å². The number of hydrogen-bond acceptors (Lipinski definition) is 5. The number of carbonyl (C=O) groups excluding carboxylic acids is 3. The third-order valence-electron chi connectivity index (χ3n) is 5.47. The Morgan fingerprint density at radius 1 is 1.21 bits per heavy atom. The fourth-order valence-corrected chi connectivity index (χ4v) is 4.04. The minimum absolute atomic E-state index is 0.0399. The molecule has 1 aromatic heterocycles. The summed E-state index contributed by atoms with van der Waals surface area (Å²) in [6.45, 7) is 2.87. The van der Waals surface area contributed by atoms with E-state index >= 15 is 0 Å². The van der Waals surface area contributed by atoms with E-state index in [1.54, 1.807) is 24.0 Å². The summed E-state index contributed by atoms with van der Waals surface area (Å²) in [5, 5.41) is 10.6. The third-order valence-corrected chi connectivity index (χ3v) is 5.47. The number of rotatable bonds is 3. The molecule has 2 atom stereocenters. The smallest absolute Gasteiger partial charge is 0.253 e. The molecule has 1 N–H and O–H groups in total. The number of hydrogen-bond donors (Lipinski definition) is 1. The first-order valence-electron chi connectivity index (χ1n) is 9.54. The molecule has 0 bridgehead atoms. The molecule has 144 valence electrons. The molecule has 0 spiro atoms. The number of fused-ring (bicyclic) bond motifs is 1. The van der Waals surface area contributed by atoms with Crippen molar-refractivity contribution in [1.29, 1.82) is 0 Å². The first-order valence-corrected chi connectivity index (χ1v) is 9.54. The maximum Gasteiger partial charge on any atom is 0.253 e. The highest BCUT2D eigenvalue weighted by molar-refractivity contribution is 6.01. The van der Waals surface area contributed by atoms with Gasteiger partial charge < -0.3 is 10.2 Å². The van der Waals surface area contributed by atoms with Gasteiger partial charge in [-0.2, -0.15) is 10.2 Å². The number of amides is 2. The number of carbonyl (C=O) groups is 3. The van der Waals surface area contributed by atoms with E-state index < -0.39 is 0 Å². The molecule has 1 aliphatic carbocycles. The molecule has 28 heavy (non-hydrogen) atoms. The largest absolute Gasteiger partial charge is 0.347 e. The lowest BCUT2D eigenvalue weighted by atomic mass is 9.81. The van der Waals surface area contributed by atoms with Crippen LogP contribution >= 0.6 is 0 Å². The number of ketones is 1. The van der Waals surface area contributed by atoms with Gasteiger partial charge in [0.15, 0.2) is 5.78 Å². The molecule has 0 radical (unpaired) electrons. The summed E-state index contributed by atoms with van der Waals surface area (Å²) >= 11 is 0. The molecule has 2 aliphatic rings. The number of nitrogens with zero attached hydrogens (tertiary/aromatic N) is 3. The highest BCUT2D eigenvalue weighted by Crippen LogP contribution is 2.33. The number of aromatic nitrogens is 2. The quantitative estimate of drug-likeness (QED) is 0.880. The Morgan fingerprint density at radius 3 is 2.86 bits per heavy atom. The Balaban J connectivity index is 1.42. The Hall–Kier alpha value is -3.09. The Bertz CT molecular complexity index is 943. The molecule has 4 rings (SSSR count). The van der Waals surface area contributed by atoms with Crippen LogP contribution in [0.1, 0.15) is 57.2 Å². The molecule has 2 amide bonds. The molecular weight excluding hydrogens is 356 g/mol. The maximum atomic E-state index is 13.1. The minimum Gasteiger partial charge on any atom is -0.347 e. The van der Waals surface area contributed by atoms with Gasteiger partial charge in [-0.1, -0.05) is 24.3 Å². The van der Waals surface area contributed by atoms with Crippen LogP contribution in [-0.2, 0) is 4.79 Å². The summed E-state index contributed by atoms with van der Waals surface area (Å²) in [6, 6.07) is 8.98. The lowest BCUT2D eigenvalue weighted by Gasteiger charge is -2.28. The van der Waals surface area contributed by atoms with Crippen LogP contribution in [0.5, 0.6) is 0 Å². The zero-order chi connectivity index (χ0) is 19.7. The average Bonchev–Trinajstić information content (AvgIpc) is 3.16. The fourth-order valence-electron chi connectivity index (χ4n) is 4.04. The molecule has 2 aromatic rings. The molecule has 1 aromatic carbocycles. The zero-order valence-corrected chi connectivity index (χ0v) is 15.7. The van der Waals surface area contributed by atoms with Crippen molar-refractivity contribution in [3.63, 3.8) is 0 Å². The first-order chi connectivity index (χ1) is 13.5. The molecule has 1 aliphatic heterocycles. The topological polar surface area (TPSA) is 92.3 Å². The van der Waals surface area contributed by atoms with E-state index in [0.29, 0.717) is 49.2 Å². The first kappa shape index (κ1) is 18.3. The molecule has 0 saturated carbocycles. The van der Waals surface area contributed by atoms with Crippen molar-refractivity contribution in [2.24, 2.45) is 0 Å². The Kier molecular flexibility index (Phi) is 4.90. The van der Waals surface area contributed by atoms with Gasteiger partial charge in [-0.15, -0.1) is 0 Å². The standard InChI is InChI=1S/C21H22N4O3/c1-13-10-14(11-22-24-13)20(27)23-15-8-9-25(12-15)21(28)18-6-7-19(26)17-5-3-2-4-16(17)18/h2-5,10-11,15,18H,6-9,12H2,1H3,(H,23,27). The zero-order valence-electron chi connectivity index (χ0n) is 15.7. The minimum atomic E-state index is -0.282. The van der Waals surface area contributed by atoms with Crippen LogP contribution in [0.15, 0.2) is 36.5 Å². The second-order valence-corrected chi connectivity index (χ2v) is 7.43.